The second-order valence-electron chi connectivity index (χ2n) is 14.4. The van der Waals surface area contributed by atoms with Crippen LogP contribution in [0.15, 0.2) is 18.2 Å². The first-order chi connectivity index (χ1) is 24.9. The van der Waals surface area contributed by atoms with E-state index in [9.17, 15) is 14.4 Å². The number of aromatic nitrogens is 4. The summed E-state index contributed by atoms with van der Waals surface area (Å²) in [4.78, 5) is 59.6. The molecule has 2 N–H and O–H groups in total. The number of imide groups is 1. The first-order valence-electron chi connectivity index (χ1n) is 19.0. The van der Waals surface area contributed by atoms with E-state index in [1.807, 2.05) is 19.9 Å². The molecule has 0 saturated heterocycles. The van der Waals surface area contributed by atoms with Crippen LogP contribution < -0.4 is 0 Å². The number of aromatic amines is 2. The molecule has 2 aromatic rings. The number of H-pyrrole nitrogens is 2. The molecule has 2 amide bonds. The number of aryl methyl sites for hydroxylation is 1. The van der Waals surface area contributed by atoms with Gasteiger partial charge in [-0.15, -0.1) is 0 Å². The molecule has 276 valence electrons. The third-order valence-corrected chi connectivity index (χ3v) is 11.3. The van der Waals surface area contributed by atoms with Gasteiger partial charge >= 0.3 is 5.97 Å². The molecule has 0 saturated carbocycles. The number of rotatable bonds is 12. The van der Waals surface area contributed by atoms with Gasteiger partial charge < -0.3 is 19.4 Å². The Labute approximate surface area is 306 Å². The van der Waals surface area contributed by atoms with E-state index in [1.54, 1.807) is 0 Å². The Balaban J connectivity index is 1.68. The van der Waals surface area contributed by atoms with E-state index < -0.39 is 0 Å². The van der Waals surface area contributed by atoms with Crippen LogP contribution in [0.5, 0.6) is 0 Å². The van der Waals surface area contributed by atoms with Gasteiger partial charge in [-0.1, -0.05) is 40.0 Å². The molecule has 6 rings (SSSR count). The summed E-state index contributed by atoms with van der Waals surface area (Å²) < 4.78 is 11.5. The molecule has 2 aromatic heterocycles. The van der Waals surface area contributed by atoms with E-state index in [2.05, 4.69) is 63.6 Å². The van der Waals surface area contributed by atoms with Crippen molar-refractivity contribution < 1.29 is 23.9 Å². The number of esters is 1. The van der Waals surface area contributed by atoms with E-state index in [0.717, 1.165) is 81.1 Å². The number of carbonyl (C=O) groups is 3. The Bertz CT molecular complexity index is 2070. The molecule has 0 fully saturated rings. The zero-order chi connectivity index (χ0) is 37.4. The van der Waals surface area contributed by atoms with Crippen molar-refractivity contribution in [2.45, 2.75) is 118 Å². The molecule has 10 heteroatoms. The van der Waals surface area contributed by atoms with Crippen molar-refractivity contribution in [2.75, 3.05) is 20.3 Å². The molecular weight excluding hydrogens is 654 g/mol. The average molecular weight is 708 g/mol. The number of nitrogens with zero attached hydrogens (tertiary/aromatic N) is 3. The van der Waals surface area contributed by atoms with E-state index in [4.69, 9.17) is 19.4 Å². The highest BCUT2D eigenvalue weighted by molar-refractivity contribution is 6.23. The van der Waals surface area contributed by atoms with Crippen LogP contribution in [0.25, 0.3) is 33.3 Å². The van der Waals surface area contributed by atoms with Gasteiger partial charge in [0.2, 0.25) is 0 Å². The third-order valence-electron chi connectivity index (χ3n) is 11.3. The first kappa shape index (κ1) is 37.2. The summed E-state index contributed by atoms with van der Waals surface area (Å²) in [5.41, 5.74) is 12.1. The quantitative estimate of drug-likeness (QED) is 0.128. The zero-order valence-corrected chi connectivity index (χ0v) is 32.2. The normalized spacial score (nSPS) is 18.4. The Morgan fingerprint density at radius 3 is 2.31 bits per heavy atom. The SMILES string of the molecule is CCCCCCOC(C)C1=C(C)c2cc3[nH]c(c4c5[nH]c(cc6nc(cc1n2)C(C)=C6CC)c(C)c5C(=O)N(CC)C4=O)[C@@H](CCC(=O)OC)[C@@H]3C. The van der Waals surface area contributed by atoms with Crippen LogP contribution in [0.3, 0.4) is 0 Å². The van der Waals surface area contributed by atoms with Crippen molar-refractivity contribution in [1.29, 1.82) is 0 Å². The standard InChI is InChI=1S/C42H53N5O5/c1-10-13-14-15-18-52-26(8)36-24(6)31-19-30-23(5)28(16-17-35(48)51-9)39(45-30)38-40-37(41(49)47(12-3)42(38)50)25(7)32(46-40)20-33-27(11-2)22(4)29(43-33)21-34(36)44-31/h19-21,23,26,28,45-46H,10-18H2,1-9H3/t23-,26?,28-/m0/s1. The van der Waals surface area contributed by atoms with Crippen LogP contribution in [0.1, 0.15) is 166 Å². The second kappa shape index (κ2) is 15.2. The molecular formula is C42H53N5O5. The van der Waals surface area contributed by atoms with Crippen LogP contribution in [-0.4, -0.2) is 69.0 Å². The van der Waals surface area contributed by atoms with Gasteiger partial charge in [-0.25, -0.2) is 9.97 Å². The number of allylic oxidation sites excluding steroid dienone is 3. The number of amides is 2. The van der Waals surface area contributed by atoms with Gasteiger partial charge in [-0.05, 0) is 94.4 Å². The maximum absolute atomic E-state index is 14.4. The summed E-state index contributed by atoms with van der Waals surface area (Å²) >= 11 is 0. The van der Waals surface area contributed by atoms with Gasteiger partial charge in [0.1, 0.15) is 0 Å². The fraction of sp³-hybridized carbons (Fsp3) is 0.500. The van der Waals surface area contributed by atoms with Gasteiger partial charge in [0.15, 0.2) is 0 Å². The van der Waals surface area contributed by atoms with Crippen molar-refractivity contribution in [3.8, 4) is 0 Å². The number of fused-ring (bicyclic) bond motifs is 8. The highest BCUT2D eigenvalue weighted by Crippen LogP contribution is 2.45. The van der Waals surface area contributed by atoms with Crippen LogP contribution in [0, 0.1) is 6.92 Å². The van der Waals surface area contributed by atoms with Crippen molar-refractivity contribution in [3.63, 3.8) is 0 Å². The molecule has 10 nitrogen and oxygen atoms in total. The van der Waals surface area contributed by atoms with Crippen molar-refractivity contribution in [3.05, 3.63) is 69.1 Å². The topological polar surface area (TPSA) is 130 Å². The second-order valence-corrected chi connectivity index (χ2v) is 14.4. The summed E-state index contributed by atoms with van der Waals surface area (Å²) in [5, 5.41) is 0. The summed E-state index contributed by atoms with van der Waals surface area (Å²) in [6.07, 6.45) is 5.75. The summed E-state index contributed by atoms with van der Waals surface area (Å²) in [5.74, 6) is -1.32. The van der Waals surface area contributed by atoms with Gasteiger partial charge in [-0.2, -0.15) is 0 Å². The fourth-order valence-corrected chi connectivity index (χ4v) is 8.22. The minimum atomic E-state index is -0.363. The predicted octanol–water partition coefficient (Wildman–Crippen LogP) is 9.06. The highest BCUT2D eigenvalue weighted by Gasteiger charge is 2.40. The number of methoxy groups -OCH3 is 1. The molecule has 8 bridgehead atoms. The van der Waals surface area contributed by atoms with E-state index in [1.165, 1.54) is 24.9 Å². The molecule has 4 aliphatic heterocycles. The highest BCUT2D eigenvalue weighted by atomic mass is 16.5. The van der Waals surface area contributed by atoms with Crippen LogP contribution >= 0.6 is 0 Å². The molecule has 0 radical (unpaired) electrons. The van der Waals surface area contributed by atoms with Crippen molar-refractivity contribution in [1.82, 2.24) is 24.8 Å². The molecule has 1 unspecified atom stereocenters. The maximum Gasteiger partial charge on any atom is 0.305 e. The largest absolute Gasteiger partial charge is 0.469 e. The lowest BCUT2D eigenvalue weighted by atomic mass is 9.84. The number of ether oxygens (including phenoxy) is 2. The van der Waals surface area contributed by atoms with Gasteiger partial charge in [-0.3, -0.25) is 19.3 Å². The molecule has 6 heterocycles. The van der Waals surface area contributed by atoms with Gasteiger partial charge in [0.25, 0.3) is 11.8 Å². The van der Waals surface area contributed by atoms with Crippen LogP contribution in [-0.2, 0) is 14.3 Å². The lowest BCUT2D eigenvalue weighted by molar-refractivity contribution is -0.140. The molecule has 4 aliphatic rings. The van der Waals surface area contributed by atoms with E-state index in [-0.39, 0.29) is 48.7 Å². The Kier molecular flexibility index (Phi) is 10.9. The van der Waals surface area contributed by atoms with Crippen molar-refractivity contribution >= 4 is 51.1 Å². The Morgan fingerprint density at radius 1 is 0.904 bits per heavy atom. The third kappa shape index (κ3) is 6.50. The first-order valence-corrected chi connectivity index (χ1v) is 19.0. The summed E-state index contributed by atoms with van der Waals surface area (Å²) in [6, 6.07) is 6.16. The number of carbonyl (C=O) groups excluding carboxylic acids is 3. The molecule has 0 spiro atoms. The average Bonchev–Trinajstić information content (AvgIpc) is 3.80. The maximum atomic E-state index is 14.4. The van der Waals surface area contributed by atoms with Gasteiger partial charge in [0.05, 0.1) is 52.6 Å². The van der Waals surface area contributed by atoms with Crippen LogP contribution in [0.2, 0.25) is 0 Å². The molecule has 52 heavy (non-hydrogen) atoms. The predicted molar refractivity (Wildman–Crippen MR) is 205 cm³/mol. The Hall–Kier alpha value is -4.57. The molecule has 0 aromatic carbocycles. The van der Waals surface area contributed by atoms with Gasteiger partial charge in [0, 0.05) is 53.9 Å². The fourth-order valence-electron chi connectivity index (χ4n) is 8.22. The smallest absolute Gasteiger partial charge is 0.305 e. The van der Waals surface area contributed by atoms with Crippen molar-refractivity contribution in [2.24, 2.45) is 0 Å². The molecule has 0 aliphatic carbocycles. The Morgan fingerprint density at radius 2 is 1.62 bits per heavy atom. The van der Waals surface area contributed by atoms with Crippen LogP contribution in [0.4, 0.5) is 0 Å². The summed E-state index contributed by atoms with van der Waals surface area (Å²) in [6.45, 7) is 17.4. The minimum Gasteiger partial charge on any atom is -0.469 e. The lowest BCUT2D eigenvalue weighted by Crippen LogP contribution is -2.40. The minimum absolute atomic E-state index is 0.0960. The monoisotopic (exact) mass is 707 g/mol. The van der Waals surface area contributed by atoms with E-state index in [0.29, 0.717) is 35.4 Å². The number of unbranched alkanes of at least 4 members (excludes halogenated alkanes) is 3. The lowest BCUT2D eigenvalue weighted by Gasteiger charge is -2.26. The molecule has 3 atom stereocenters. The summed E-state index contributed by atoms with van der Waals surface area (Å²) in [7, 11) is 1.39. The zero-order valence-electron chi connectivity index (χ0n) is 32.2. The number of hydrogen-bond donors (Lipinski definition) is 2. The number of nitrogens with one attached hydrogen (secondary N) is 2. The van der Waals surface area contributed by atoms with E-state index >= 15 is 0 Å². The number of hydrogen-bond acceptors (Lipinski definition) is 7.